The van der Waals surface area contributed by atoms with Gasteiger partial charge < -0.3 is 9.88 Å². The van der Waals surface area contributed by atoms with Gasteiger partial charge in [0, 0.05) is 42.4 Å². The normalized spacial score (nSPS) is 17.6. The number of rotatable bonds is 4. The third-order valence-corrected chi connectivity index (χ3v) is 5.97. The highest BCUT2D eigenvalue weighted by Crippen LogP contribution is 2.30. The molecule has 1 N–H and O–H groups in total. The van der Waals surface area contributed by atoms with E-state index in [1.54, 1.807) is 0 Å². The number of nitrogens with zero attached hydrogens (tertiary/aromatic N) is 3. The molecule has 1 amide bonds. The highest BCUT2D eigenvalue weighted by atomic mass is 16.2. The molecule has 5 nitrogen and oxygen atoms in total. The summed E-state index contributed by atoms with van der Waals surface area (Å²) in [6, 6.07) is 6.49. The Bertz CT molecular complexity index is 955. The molecule has 5 heteroatoms. The van der Waals surface area contributed by atoms with Crippen LogP contribution in [0.2, 0.25) is 0 Å². The van der Waals surface area contributed by atoms with Gasteiger partial charge in [-0.2, -0.15) is 5.10 Å². The predicted molar refractivity (Wildman–Crippen MR) is 108 cm³/mol. The molecule has 0 radical (unpaired) electrons. The van der Waals surface area contributed by atoms with Crippen LogP contribution in [0.25, 0.3) is 10.9 Å². The van der Waals surface area contributed by atoms with Gasteiger partial charge in [-0.1, -0.05) is 12.1 Å². The van der Waals surface area contributed by atoms with E-state index in [4.69, 9.17) is 0 Å². The molecule has 3 aromatic rings. The van der Waals surface area contributed by atoms with Crippen molar-refractivity contribution in [2.24, 2.45) is 0 Å². The first-order valence-electron chi connectivity index (χ1n) is 9.93. The van der Waals surface area contributed by atoms with E-state index in [9.17, 15) is 4.79 Å². The Morgan fingerprint density at radius 1 is 1.22 bits per heavy atom. The average molecular weight is 364 g/mol. The second-order valence-corrected chi connectivity index (χ2v) is 7.78. The van der Waals surface area contributed by atoms with Crippen LogP contribution in [0, 0.1) is 20.8 Å². The first-order valence-corrected chi connectivity index (χ1v) is 9.93. The second kappa shape index (κ2) is 7.22. The molecule has 2 aromatic heterocycles. The van der Waals surface area contributed by atoms with Gasteiger partial charge >= 0.3 is 0 Å². The number of aryl methyl sites for hydroxylation is 4. The van der Waals surface area contributed by atoms with Crippen LogP contribution in [-0.2, 0) is 6.54 Å². The molecule has 0 unspecified atom stereocenters. The summed E-state index contributed by atoms with van der Waals surface area (Å²) in [7, 11) is 0. The first-order chi connectivity index (χ1) is 13.1. The van der Waals surface area contributed by atoms with Gasteiger partial charge in [-0.3, -0.25) is 9.48 Å². The fourth-order valence-electron chi connectivity index (χ4n) is 4.44. The van der Waals surface area contributed by atoms with Crippen molar-refractivity contribution in [2.75, 3.05) is 6.54 Å². The van der Waals surface area contributed by atoms with Crippen molar-refractivity contribution < 1.29 is 4.79 Å². The van der Waals surface area contributed by atoms with Crippen molar-refractivity contribution in [1.29, 1.82) is 0 Å². The summed E-state index contributed by atoms with van der Waals surface area (Å²) in [6.07, 6.45) is 8.10. The maximum absolute atomic E-state index is 13.5. The number of aromatic amines is 1. The molecular weight excluding hydrogens is 336 g/mol. The molecule has 4 rings (SSSR count). The van der Waals surface area contributed by atoms with Gasteiger partial charge in [0.05, 0.1) is 0 Å². The number of H-pyrrole nitrogens is 1. The molecule has 1 aliphatic rings. The maximum Gasteiger partial charge on any atom is 0.270 e. The van der Waals surface area contributed by atoms with Crippen LogP contribution >= 0.6 is 0 Å². The minimum absolute atomic E-state index is 0.146. The van der Waals surface area contributed by atoms with E-state index in [-0.39, 0.29) is 11.9 Å². The van der Waals surface area contributed by atoms with Crippen molar-refractivity contribution in [3.8, 4) is 0 Å². The molecule has 1 aromatic carbocycles. The van der Waals surface area contributed by atoms with E-state index in [1.807, 2.05) is 23.1 Å². The number of carbonyl (C=O) groups excluding carboxylic acids is 1. The van der Waals surface area contributed by atoms with Crippen molar-refractivity contribution in [3.63, 3.8) is 0 Å². The highest BCUT2D eigenvalue weighted by Gasteiger charge is 2.29. The Morgan fingerprint density at radius 3 is 2.78 bits per heavy atom. The van der Waals surface area contributed by atoms with Crippen LogP contribution < -0.4 is 0 Å². The number of amides is 1. The molecule has 3 heterocycles. The van der Waals surface area contributed by atoms with Crippen LogP contribution in [0.4, 0.5) is 0 Å². The number of nitrogens with one attached hydrogen (secondary N) is 1. The zero-order valence-corrected chi connectivity index (χ0v) is 16.5. The van der Waals surface area contributed by atoms with E-state index < -0.39 is 0 Å². The van der Waals surface area contributed by atoms with Crippen LogP contribution in [0.3, 0.4) is 0 Å². The van der Waals surface area contributed by atoms with E-state index in [0.717, 1.165) is 49.1 Å². The third kappa shape index (κ3) is 3.27. The molecule has 0 aliphatic carbocycles. The van der Waals surface area contributed by atoms with Crippen LogP contribution in [0.5, 0.6) is 0 Å². The number of likely N-dealkylation sites (tertiary alicyclic amines) is 1. The Balaban J connectivity index is 1.62. The molecule has 0 saturated carbocycles. The van der Waals surface area contributed by atoms with E-state index in [2.05, 4.69) is 47.9 Å². The number of carbonyl (C=O) groups is 1. The summed E-state index contributed by atoms with van der Waals surface area (Å²) in [5.41, 5.74) is 5.34. The van der Waals surface area contributed by atoms with Crippen molar-refractivity contribution in [2.45, 2.75) is 59.0 Å². The average Bonchev–Trinajstić information content (AvgIpc) is 3.31. The molecule has 1 saturated heterocycles. The molecule has 1 fully saturated rings. The lowest BCUT2D eigenvalue weighted by Crippen LogP contribution is -2.44. The standard InChI is InChI=1S/C22H28N4O/c1-15-8-9-16(2)20-19(15)17(3)21(24-20)22(27)26-13-5-4-7-18(26)10-14-25-12-6-11-23-25/h6,8-9,11-12,18,24H,4-5,7,10,13-14H2,1-3H3/t18-/m0/s1. The van der Waals surface area contributed by atoms with Crippen LogP contribution in [0.15, 0.2) is 30.6 Å². The summed E-state index contributed by atoms with van der Waals surface area (Å²) in [6.45, 7) is 7.98. The van der Waals surface area contributed by atoms with Crippen molar-refractivity contribution >= 4 is 16.8 Å². The molecule has 142 valence electrons. The van der Waals surface area contributed by atoms with Crippen LogP contribution in [0.1, 0.15) is 52.9 Å². The maximum atomic E-state index is 13.5. The number of hydrogen-bond donors (Lipinski definition) is 1. The SMILES string of the molecule is Cc1ccc(C)c2c(C)c(C(=O)N3CCCC[C@H]3CCn3cccn3)[nH]c12. The summed E-state index contributed by atoms with van der Waals surface area (Å²) in [4.78, 5) is 19.0. The first kappa shape index (κ1) is 17.8. The summed E-state index contributed by atoms with van der Waals surface area (Å²) >= 11 is 0. The second-order valence-electron chi connectivity index (χ2n) is 7.78. The van der Waals surface area contributed by atoms with Gasteiger partial charge in [-0.05, 0) is 69.2 Å². The Hall–Kier alpha value is -2.56. The largest absolute Gasteiger partial charge is 0.350 e. The Kier molecular flexibility index (Phi) is 4.77. The lowest BCUT2D eigenvalue weighted by atomic mass is 9.98. The van der Waals surface area contributed by atoms with Crippen LogP contribution in [-0.4, -0.2) is 38.2 Å². The molecule has 0 spiro atoms. The zero-order chi connectivity index (χ0) is 19.0. The smallest absolute Gasteiger partial charge is 0.270 e. The van der Waals surface area contributed by atoms with E-state index >= 15 is 0 Å². The van der Waals surface area contributed by atoms with Gasteiger partial charge in [0.25, 0.3) is 5.91 Å². The van der Waals surface area contributed by atoms with E-state index in [0.29, 0.717) is 0 Å². The zero-order valence-electron chi connectivity index (χ0n) is 16.5. The van der Waals surface area contributed by atoms with Gasteiger partial charge in [-0.15, -0.1) is 0 Å². The number of benzene rings is 1. The molecule has 1 aliphatic heterocycles. The fourth-order valence-corrected chi connectivity index (χ4v) is 4.44. The lowest BCUT2D eigenvalue weighted by molar-refractivity contribution is 0.0588. The topological polar surface area (TPSA) is 53.9 Å². The Labute approximate surface area is 160 Å². The van der Waals surface area contributed by atoms with Gasteiger partial charge in [-0.25, -0.2) is 0 Å². The van der Waals surface area contributed by atoms with Gasteiger partial charge in [0.2, 0.25) is 0 Å². The van der Waals surface area contributed by atoms with Crippen molar-refractivity contribution in [1.82, 2.24) is 19.7 Å². The monoisotopic (exact) mass is 364 g/mol. The minimum atomic E-state index is 0.146. The number of piperidine rings is 1. The molecule has 27 heavy (non-hydrogen) atoms. The summed E-state index contributed by atoms with van der Waals surface area (Å²) < 4.78 is 1.96. The van der Waals surface area contributed by atoms with E-state index in [1.165, 1.54) is 22.9 Å². The van der Waals surface area contributed by atoms with Crippen molar-refractivity contribution in [3.05, 3.63) is 53.0 Å². The number of fused-ring (bicyclic) bond motifs is 1. The predicted octanol–water partition coefficient (Wildman–Crippen LogP) is 4.37. The summed E-state index contributed by atoms with van der Waals surface area (Å²) in [5.74, 6) is 0.146. The number of hydrogen-bond acceptors (Lipinski definition) is 2. The molecule has 1 atom stereocenters. The quantitative estimate of drug-likeness (QED) is 0.747. The molecule has 0 bridgehead atoms. The summed E-state index contributed by atoms with van der Waals surface area (Å²) in [5, 5.41) is 5.50. The molecular formula is C22H28N4O. The van der Waals surface area contributed by atoms with Gasteiger partial charge in [0.15, 0.2) is 0 Å². The highest BCUT2D eigenvalue weighted by molar-refractivity contribution is 6.02. The fraction of sp³-hybridized carbons (Fsp3) is 0.455. The van der Waals surface area contributed by atoms with Gasteiger partial charge in [0.1, 0.15) is 5.69 Å². The number of aromatic nitrogens is 3. The third-order valence-electron chi connectivity index (χ3n) is 5.97. The lowest BCUT2D eigenvalue weighted by Gasteiger charge is -2.35. The Morgan fingerprint density at radius 2 is 2.04 bits per heavy atom. The minimum Gasteiger partial charge on any atom is -0.350 e.